The lowest BCUT2D eigenvalue weighted by atomic mass is 10.0. The topological polar surface area (TPSA) is 56.3 Å². The van der Waals surface area contributed by atoms with Crippen molar-refractivity contribution >= 4 is 22.7 Å². The maximum Gasteiger partial charge on any atom is 0.339 e. The number of para-hydroxylation sites is 1. The molecule has 0 aliphatic carbocycles. The molecule has 1 heterocycles. The number of rotatable bonds is 5. The molecular formula is C25H18FNO3. The van der Waals surface area contributed by atoms with Crippen LogP contribution in [0.2, 0.25) is 0 Å². The first-order chi connectivity index (χ1) is 14.5. The maximum absolute atomic E-state index is 13.0. The average Bonchev–Trinajstić information content (AvgIpc) is 2.77. The summed E-state index contributed by atoms with van der Waals surface area (Å²) in [6, 6.07) is 21.9. The zero-order valence-electron chi connectivity index (χ0n) is 16.3. The number of carbonyl (C=O) groups is 2. The Morgan fingerprint density at radius 2 is 1.63 bits per heavy atom. The van der Waals surface area contributed by atoms with Crippen LogP contribution in [0.25, 0.3) is 22.2 Å². The zero-order valence-corrected chi connectivity index (χ0v) is 16.3. The predicted molar refractivity (Wildman–Crippen MR) is 113 cm³/mol. The third-order valence-corrected chi connectivity index (χ3v) is 4.78. The molecule has 0 saturated carbocycles. The summed E-state index contributed by atoms with van der Waals surface area (Å²) >= 11 is 0. The fourth-order valence-electron chi connectivity index (χ4n) is 3.14. The Kier molecular flexibility index (Phi) is 5.35. The highest BCUT2D eigenvalue weighted by Gasteiger charge is 2.17. The highest BCUT2D eigenvalue weighted by molar-refractivity contribution is 6.06. The van der Waals surface area contributed by atoms with Crippen molar-refractivity contribution in [2.24, 2.45) is 0 Å². The van der Waals surface area contributed by atoms with Crippen molar-refractivity contribution in [1.82, 2.24) is 4.98 Å². The summed E-state index contributed by atoms with van der Waals surface area (Å²) in [5.41, 5.74) is 3.92. The van der Waals surface area contributed by atoms with Crippen LogP contribution in [-0.4, -0.2) is 23.3 Å². The van der Waals surface area contributed by atoms with Crippen molar-refractivity contribution in [1.29, 1.82) is 0 Å². The smallest absolute Gasteiger partial charge is 0.339 e. The van der Waals surface area contributed by atoms with Gasteiger partial charge in [-0.1, -0.05) is 48.0 Å². The molecule has 30 heavy (non-hydrogen) atoms. The second kappa shape index (κ2) is 8.25. The van der Waals surface area contributed by atoms with E-state index in [0.29, 0.717) is 22.2 Å². The van der Waals surface area contributed by atoms with Crippen LogP contribution in [0.3, 0.4) is 0 Å². The van der Waals surface area contributed by atoms with E-state index in [0.717, 1.165) is 11.1 Å². The van der Waals surface area contributed by atoms with Crippen molar-refractivity contribution in [3.05, 3.63) is 101 Å². The number of nitrogens with zero attached hydrogens (tertiary/aromatic N) is 1. The lowest BCUT2D eigenvalue weighted by Crippen LogP contribution is -2.15. The van der Waals surface area contributed by atoms with E-state index in [9.17, 15) is 14.0 Å². The summed E-state index contributed by atoms with van der Waals surface area (Å²) in [6.07, 6.45) is 0. The van der Waals surface area contributed by atoms with Gasteiger partial charge < -0.3 is 4.74 Å². The van der Waals surface area contributed by atoms with Crippen LogP contribution in [0.1, 0.15) is 26.3 Å². The number of ether oxygens (including phenoxy) is 1. The summed E-state index contributed by atoms with van der Waals surface area (Å²) in [4.78, 5) is 29.7. The fourth-order valence-corrected chi connectivity index (χ4v) is 3.14. The Bertz CT molecular complexity index is 1230. The van der Waals surface area contributed by atoms with Crippen LogP contribution in [0, 0.1) is 12.7 Å². The average molecular weight is 399 g/mol. The minimum Gasteiger partial charge on any atom is -0.454 e. The van der Waals surface area contributed by atoms with Crippen molar-refractivity contribution in [2.45, 2.75) is 6.92 Å². The molecule has 0 bridgehead atoms. The quantitative estimate of drug-likeness (QED) is 0.334. The Morgan fingerprint density at radius 3 is 2.37 bits per heavy atom. The van der Waals surface area contributed by atoms with Gasteiger partial charge in [-0.2, -0.15) is 0 Å². The summed E-state index contributed by atoms with van der Waals surface area (Å²) < 4.78 is 18.3. The van der Waals surface area contributed by atoms with Gasteiger partial charge in [-0.3, -0.25) is 4.79 Å². The Balaban J connectivity index is 1.63. The first kappa shape index (κ1) is 19.5. The number of carbonyl (C=O) groups excluding carboxylic acids is 2. The molecule has 4 nitrogen and oxygen atoms in total. The lowest BCUT2D eigenvalue weighted by Gasteiger charge is -2.10. The summed E-state index contributed by atoms with van der Waals surface area (Å²) in [5.74, 6) is -1.45. The van der Waals surface area contributed by atoms with Crippen LogP contribution in [0.15, 0.2) is 78.9 Å². The molecule has 3 aromatic carbocycles. The number of Topliss-reactive ketones (excluding diaryl/α,β-unsaturated/α-hetero) is 1. The molecule has 5 heteroatoms. The molecule has 0 saturated heterocycles. The number of halogens is 1. The van der Waals surface area contributed by atoms with Gasteiger partial charge in [0.05, 0.1) is 16.8 Å². The number of benzene rings is 3. The van der Waals surface area contributed by atoms with Gasteiger partial charge in [0.25, 0.3) is 0 Å². The molecule has 4 rings (SSSR count). The first-order valence-corrected chi connectivity index (χ1v) is 9.44. The van der Waals surface area contributed by atoms with Gasteiger partial charge in [0.1, 0.15) is 5.82 Å². The predicted octanol–water partition coefficient (Wildman–Crippen LogP) is 5.39. The monoisotopic (exact) mass is 399 g/mol. The van der Waals surface area contributed by atoms with E-state index in [2.05, 4.69) is 4.98 Å². The molecule has 0 spiro atoms. The van der Waals surface area contributed by atoms with Crippen LogP contribution in [-0.2, 0) is 4.74 Å². The number of aryl methyl sites for hydroxylation is 1. The molecule has 0 aliphatic rings. The molecule has 0 N–H and O–H groups in total. The third kappa shape index (κ3) is 4.10. The second-order valence-electron chi connectivity index (χ2n) is 6.94. The number of hydrogen-bond donors (Lipinski definition) is 0. The van der Waals surface area contributed by atoms with Crippen molar-refractivity contribution < 1.29 is 18.7 Å². The van der Waals surface area contributed by atoms with E-state index in [1.807, 2.05) is 49.4 Å². The van der Waals surface area contributed by atoms with Gasteiger partial charge >= 0.3 is 5.97 Å². The Morgan fingerprint density at radius 1 is 0.933 bits per heavy atom. The summed E-state index contributed by atoms with van der Waals surface area (Å²) in [7, 11) is 0. The molecule has 148 valence electrons. The van der Waals surface area contributed by atoms with Crippen molar-refractivity contribution in [3.8, 4) is 11.3 Å². The Hall–Kier alpha value is -3.86. The molecule has 1 aromatic heterocycles. The van der Waals surface area contributed by atoms with E-state index in [4.69, 9.17) is 4.74 Å². The van der Waals surface area contributed by atoms with Gasteiger partial charge in [0.15, 0.2) is 12.4 Å². The van der Waals surface area contributed by atoms with Gasteiger partial charge in [-0.05, 0) is 43.3 Å². The van der Waals surface area contributed by atoms with Crippen molar-refractivity contribution in [3.63, 3.8) is 0 Å². The summed E-state index contributed by atoms with van der Waals surface area (Å²) in [5, 5.41) is 0.646. The van der Waals surface area contributed by atoms with E-state index in [1.54, 1.807) is 12.1 Å². The van der Waals surface area contributed by atoms with E-state index < -0.39 is 24.2 Å². The van der Waals surface area contributed by atoms with Crippen LogP contribution in [0.4, 0.5) is 4.39 Å². The number of esters is 1. The minimum atomic E-state index is -0.613. The van der Waals surface area contributed by atoms with Crippen LogP contribution < -0.4 is 0 Å². The number of hydrogen-bond acceptors (Lipinski definition) is 4. The molecule has 0 aliphatic heterocycles. The van der Waals surface area contributed by atoms with Crippen LogP contribution in [0.5, 0.6) is 0 Å². The summed E-state index contributed by atoms with van der Waals surface area (Å²) in [6.45, 7) is 1.57. The van der Waals surface area contributed by atoms with Gasteiger partial charge in [0, 0.05) is 16.5 Å². The molecule has 0 unspecified atom stereocenters. The highest BCUT2D eigenvalue weighted by atomic mass is 19.1. The van der Waals surface area contributed by atoms with Crippen molar-refractivity contribution in [2.75, 3.05) is 6.61 Å². The van der Waals surface area contributed by atoms with Crippen LogP contribution >= 0.6 is 0 Å². The largest absolute Gasteiger partial charge is 0.454 e. The van der Waals surface area contributed by atoms with E-state index in [-0.39, 0.29) is 5.56 Å². The maximum atomic E-state index is 13.0. The third-order valence-electron chi connectivity index (χ3n) is 4.78. The number of fused-ring (bicyclic) bond motifs is 1. The van der Waals surface area contributed by atoms with E-state index >= 15 is 0 Å². The van der Waals surface area contributed by atoms with Gasteiger partial charge in [0.2, 0.25) is 0 Å². The fraction of sp³-hybridized carbons (Fsp3) is 0.0800. The standard InChI is InChI=1S/C25H18FNO3/c1-16-6-8-17(9-7-16)23-14-21(20-4-2-3-5-22(20)27-23)25(29)30-15-24(28)18-10-12-19(26)13-11-18/h2-14H,15H2,1H3. The molecular weight excluding hydrogens is 381 g/mol. The molecule has 0 radical (unpaired) electrons. The van der Waals surface area contributed by atoms with E-state index in [1.165, 1.54) is 24.3 Å². The minimum absolute atomic E-state index is 0.282. The first-order valence-electron chi connectivity index (χ1n) is 9.44. The Labute approximate surface area is 173 Å². The number of pyridine rings is 1. The molecule has 0 amide bonds. The van der Waals surface area contributed by atoms with Gasteiger partial charge in [-0.15, -0.1) is 0 Å². The number of aromatic nitrogens is 1. The number of ketones is 1. The molecule has 0 fully saturated rings. The SMILES string of the molecule is Cc1ccc(-c2cc(C(=O)OCC(=O)c3ccc(F)cc3)c3ccccc3n2)cc1. The molecule has 0 atom stereocenters. The molecule has 4 aromatic rings. The second-order valence-corrected chi connectivity index (χ2v) is 6.94. The zero-order chi connectivity index (χ0) is 21.1. The lowest BCUT2D eigenvalue weighted by molar-refractivity contribution is 0.0476. The normalized spacial score (nSPS) is 10.7. The highest BCUT2D eigenvalue weighted by Crippen LogP contribution is 2.25. The van der Waals surface area contributed by atoms with Gasteiger partial charge in [-0.25, -0.2) is 14.2 Å².